The van der Waals surface area contributed by atoms with E-state index in [0.29, 0.717) is 5.69 Å². The summed E-state index contributed by atoms with van der Waals surface area (Å²) in [4.78, 5) is 0. The van der Waals surface area contributed by atoms with Crippen LogP contribution < -0.4 is 0 Å². The number of benzene rings is 2. The molecule has 0 saturated carbocycles. The van der Waals surface area contributed by atoms with Crippen molar-refractivity contribution in [3.8, 4) is 5.75 Å². The Bertz CT molecular complexity index is 441. The van der Waals surface area contributed by atoms with E-state index in [9.17, 15) is 5.11 Å². The van der Waals surface area contributed by atoms with Crippen molar-refractivity contribution in [1.29, 1.82) is 0 Å². The standard InChI is InChI=1S/C10H8NO.7Y/c11-8-4-5-9-7(6-8)2-1-3-10(9)12;;;;;;;/h1-6,11-12H;;;;;;;/q-1;;;;;;;. The maximum absolute atomic E-state index is 9.40. The predicted molar refractivity (Wildman–Crippen MR) is 49.6 cm³/mol. The second kappa shape index (κ2) is 22.1. The summed E-state index contributed by atoms with van der Waals surface area (Å²) in [5.74, 6) is 0.271. The first-order valence-electron chi connectivity index (χ1n) is 3.71. The van der Waals surface area contributed by atoms with Gasteiger partial charge in [0, 0.05) is 234 Å². The van der Waals surface area contributed by atoms with Crippen molar-refractivity contribution in [3.63, 3.8) is 0 Å². The molecule has 0 aliphatic carbocycles. The van der Waals surface area contributed by atoms with Crippen molar-refractivity contribution in [1.82, 2.24) is 0 Å². The molecule has 0 aromatic heterocycles. The van der Waals surface area contributed by atoms with E-state index < -0.39 is 0 Å². The minimum absolute atomic E-state index is 0. The number of hydrogen-bond donors (Lipinski definition) is 1. The molecule has 19 heavy (non-hydrogen) atoms. The van der Waals surface area contributed by atoms with Crippen LogP contribution in [0, 0.1) is 0 Å². The Hall–Kier alpha value is 6.03. The number of fused-ring (bicyclic) bond motifs is 1. The normalized spacial score (nSPS) is 6.53. The molecule has 2 nitrogen and oxygen atoms in total. The molecular weight excluding hydrogens is 772 g/mol. The summed E-state index contributed by atoms with van der Waals surface area (Å²) in [5, 5.41) is 11.1. The minimum Gasteiger partial charge on any atom is -0.699 e. The van der Waals surface area contributed by atoms with E-state index in [0.717, 1.165) is 10.8 Å². The molecule has 0 atom stereocenters. The molecule has 0 bridgehead atoms. The van der Waals surface area contributed by atoms with Crippen molar-refractivity contribution >= 4 is 16.5 Å². The SMILES string of the molecule is [NH-]c1ccc2c(O)cccc2c1.[Y].[Y].[Y].[Y].[Y].[Y].[Y]. The van der Waals surface area contributed by atoms with Gasteiger partial charge in [-0.1, -0.05) is 30.3 Å². The van der Waals surface area contributed by atoms with E-state index in [1.165, 1.54) is 0 Å². The van der Waals surface area contributed by atoms with Gasteiger partial charge in [-0.05, 0) is 11.5 Å². The molecule has 9 heteroatoms. The zero-order valence-corrected chi connectivity index (χ0v) is 30.3. The van der Waals surface area contributed by atoms with Gasteiger partial charge in [-0.25, -0.2) is 0 Å². The van der Waals surface area contributed by atoms with E-state index in [2.05, 4.69) is 0 Å². The maximum Gasteiger partial charge on any atom is 0.123 e. The molecule has 0 saturated heterocycles. The Morgan fingerprint density at radius 3 is 1.79 bits per heavy atom. The Morgan fingerprint density at radius 1 is 0.737 bits per heavy atom. The van der Waals surface area contributed by atoms with Crippen molar-refractivity contribution in [2.75, 3.05) is 0 Å². The molecule has 2 aromatic carbocycles. The third-order valence-electron chi connectivity index (χ3n) is 1.86. The summed E-state index contributed by atoms with van der Waals surface area (Å²) in [5.41, 5.74) is 7.83. The Balaban J connectivity index is -0.0000000604. The topological polar surface area (TPSA) is 44.0 Å². The van der Waals surface area contributed by atoms with E-state index in [1.54, 1.807) is 30.3 Å². The van der Waals surface area contributed by atoms with Crippen molar-refractivity contribution in [2.24, 2.45) is 0 Å². The van der Waals surface area contributed by atoms with Crippen LogP contribution in [0.4, 0.5) is 5.69 Å². The fourth-order valence-corrected chi connectivity index (χ4v) is 1.27. The fourth-order valence-electron chi connectivity index (χ4n) is 1.27. The molecular formula is C10H8NOY7-. The molecule has 0 unspecified atom stereocenters. The summed E-state index contributed by atoms with van der Waals surface area (Å²) in [6.45, 7) is 0. The zero-order valence-electron chi connectivity index (χ0n) is 10.5. The fraction of sp³-hybridized carbons (Fsp3) is 0. The monoisotopic (exact) mass is 780 g/mol. The van der Waals surface area contributed by atoms with Crippen LogP contribution in [0.2, 0.25) is 0 Å². The van der Waals surface area contributed by atoms with Gasteiger partial charge in [-0.15, -0.1) is 5.69 Å². The van der Waals surface area contributed by atoms with Crippen molar-refractivity contribution < 1.29 is 234 Å². The maximum atomic E-state index is 9.40. The van der Waals surface area contributed by atoms with E-state index in [1.807, 2.05) is 6.07 Å². The average molecular weight is 781 g/mol. The minimum atomic E-state index is 0. The summed E-state index contributed by atoms with van der Waals surface area (Å²) in [7, 11) is 0. The number of nitrogens with one attached hydrogen (secondary N) is 1. The number of phenolic OH excluding ortho intramolecular Hbond substituents is 1. The van der Waals surface area contributed by atoms with Crippen LogP contribution in [-0.4, -0.2) is 5.11 Å². The molecule has 0 heterocycles. The second-order valence-corrected chi connectivity index (χ2v) is 2.71. The largest absolute Gasteiger partial charge is 0.699 e. The molecule has 2 aromatic rings. The quantitative estimate of drug-likeness (QED) is 0.439. The van der Waals surface area contributed by atoms with Crippen LogP contribution in [0.5, 0.6) is 5.75 Å². The van der Waals surface area contributed by atoms with Gasteiger partial charge in [0.05, 0.1) is 0 Å². The average Bonchev–Trinajstić information content (AvgIpc) is 2.04. The van der Waals surface area contributed by atoms with Crippen LogP contribution in [0.3, 0.4) is 0 Å². The van der Waals surface area contributed by atoms with E-state index in [4.69, 9.17) is 5.73 Å². The van der Waals surface area contributed by atoms with Gasteiger partial charge in [0.25, 0.3) is 0 Å². The van der Waals surface area contributed by atoms with E-state index >= 15 is 0 Å². The smallest absolute Gasteiger partial charge is 0.123 e. The van der Waals surface area contributed by atoms with Gasteiger partial charge in [-0.2, -0.15) is 0 Å². The van der Waals surface area contributed by atoms with Crippen molar-refractivity contribution in [3.05, 3.63) is 42.1 Å². The van der Waals surface area contributed by atoms with Gasteiger partial charge < -0.3 is 10.8 Å². The van der Waals surface area contributed by atoms with Gasteiger partial charge in [-0.3, -0.25) is 0 Å². The summed E-state index contributed by atoms with van der Waals surface area (Å²) in [6.07, 6.45) is 0. The van der Waals surface area contributed by atoms with Crippen LogP contribution in [0.1, 0.15) is 0 Å². The molecule has 0 aliphatic rings. The first-order valence-corrected chi connectivity index (χ1v) is 3.71. The molecule has 2 rings (SSSR count). The molecule has 0 amide bonds. The third kappa shape index (κ3) is 13.8. The molecule has 0 fully saturated rings. The molecule has 0 spiro atoms. The molecule has 7 radical (unpaired) electrons. The number of rotatable bonds is 0. The van der Waals surface area contributed by atoms with Crippen LogP contribution >= 0.6 is 0 Å². The molecule has 2 N–H and O–H groups in total. The number of hydrogen-bond acceptors (Lipinski definition) is 1. The summed E-state index contributed by atoms with van der Waals surface area (Å²) >= 11 is 0. The first kappa shape index (κ1) is 39.9. The second-order valence-electron chi connectivity index (χ2n) is 2.71. The molecule has 81 valence electrons. The van der Waals surface area contributed by atoms with Crippen LogP contribution in [0.15, 0.2) is 36.4 Å². The van der Waals surface area contributed by atoms with Gasteiger partial charge in [0.2, 0.25) is 0 Å². The van der Waals surface area contributed by atoms with Gasteiger partial charge in [0.1, 0.15) is 5.75 Å². The first-order chi connectivity index (χ1) is 5.77. The van der Waals surface area contributed by atoms with Crippen LogP contribution in [0.25, 0.3) is 16.5 Å². The van der Waals surface area contributed by atoms with Crippen molar-refractivity contribution in [2.45, 2.75) is 0 Å². The Labute approximate surface area is 290 Å². The van der Waals surface area contributed by atoms with E-state index in [-0.39, 0.29) is 235 Å². The summed E-state index contributed by atoms with van der Waals surface area (Å²) < 4.78 is 0. The predicted octanol–water partition coefficient (Wildman–Crippen LogP) is 3.21. The number of aromatic hydroxyl groups is 1. The van der Waals surface area contributed by atoms with Gasteiger partial charge in [0.15, 0.2) is 0 Å². The zero-order chi connectivity index (χ0) is 8.55. The molecule has 0 aliphatic heterocycles. The Kier molecular flexibility index (Phi) is 46.4. The number of phenols is 1. The van der Waals surface area contributed by atoms with Crippen LogP contribution in [-0.2, 0) is 229 Å². The van der Waals surface area contributed by atoms with Gasteiger partial charge >= 0.3 is 0 Å². The Morgan fingerprint density at radius 2 is 1.26 bits per heavy atom. The summed E-state index contributed by atoms with van der Waals surface area (Å²) in [6, 6.07) is 10.5. The third-order valence-corrected chi connectivity index (χ3v) is 1.86.